The van der Waals surface area contributed by atoms with E-state index < -0.39 is 0 Å². The molecule has 74 valence electrons. The lowest BCUT2D eigenvalue weighted by Gasteiger charge is -2.36. The van der Waals surface area contributed by atoms with Crippen LogP contribution < -0.4 is 0 Å². The van der Waals surface area contributed by atoms with Crippen molar-refractivity contribution in [3.63, 3.8) is 0 Å². The molecule has 3 atom stereocenters. The van der Waals surface area contributed by atoms with Gasteiger partial charge in [0.2, 0.25) is 0 Å². The fourth-order valence-corrected chi connectivity index (χ4v) is 4.18. The summed E-state index contributed by atoms with van der Waals surface area (Å²) in [5.74, 6) is 1.11. The molecule has 3 aliphatic carbocycles. The van der Waals surface area contributed by atoms with E-state index in [2.05, 4.69) is 6.92 Å². The first kappa shape index (κ1) is 8.28. The Morgan fingerprint density at radius 2 is 2.23 bits per heavy atom. The van der Waals surface area contributed by atoms with Crippen molar-refractivity contribution < 1.29 is 4.74 Å². The molecule has 0 saturated heterocycles. The lowest BCUT2D eigenvalue weighted by molar-refractivity contribution is 0.0224. The highest BCUT2D eigenvalue weighted by molar-refractivity contribution is 5.15. The summed E-state index contributed by atoms with van der Waals surface area (Å²) in [4.78, 5) is 0. The summed E-state index contributed by atoms with van der Waals surface area (Å²) in [5, 5.41) is 0. The van der Waals surface area contributed by atoms with Crippen LogP contribution in [0, 0.1) is 16.7 Å². The lowest BCUT2D eigenvalue weighted by Crippen LogP contribution is -2.29. The lowest BCUT2D eigenvalue weighted by atomic mass is 9.72. The Hall–Kier alpha value is -0.0400. The predicted molar refractivity (Wildman–Crippen MR) is 52.6 cm³/mol. The van der Waals surface area contributed by atoms with Gasteiger partial charge in [-0.3, -0.25) is 0 Å². The standard InChI is InChI=1S/C12H20O/c1-2-13-9-11-4-3-5-12(8-11)7-10(12)6-11/h10H,2-9H2,1H3. The van der Waals surface area contributed by atoms with Crippen LogP contribution in [0.3, 0.4) is 0 Å². The Kier molecular flexibility index (Phi) is 1.59. The van der Waals surface area contributed by atoms with Crippen LogP contribution >= 0.6 is 0 Å². The summed E-state index contributed by atoms with van der Waals surface area (Å²) in [6, 6.07) is 0. The van der Waals surface area contributed by atoms with Gasteiger partial charge in [0.1, 0.15) is 0 Å². The molecule has 3 unspecified atom stereocenters. The van der Waals surface area contributed by atoms with Crippen molar-refractivity contribution in [1.29, 1.82) is 0 Å². The van der Waals surface area contributed by atoms with E-state index in [9.17, 15) is 0 Å². The second-order valence-corrected chi connectivity index (χ2v) is 5.64. The Balaban J connectivity index is 1.71. The molecule has 3 fully saturated rings. The molecule has 3 aliphatic rings. The maximum atomic E-state index is 5.66. The van der Waals surface area contributed by atoms with Crippen LogP contribution in [0.2, 0.25) is 0 Å². The average Bonchev–Trinajstić information content (AvgIpc) is 2.68. The third-order valence-corrected chi connectivity index (χ3v) is 4.76. The third-order valence-electron chi connectivity index (χ3n) is 4.76. The fraction of sp³-hybridized carbons (Fsp3) is 1.00. The summed E-state index contributed by atoms with van der Waals surface area (Å²) in [6.07, 6.45) is 9.01. The smallest absolute Gasteiger partial charge is 0.0522 e. The highest BCUT2D eigenvalue weighted by Gasteiger charge is 2.66. The molecule has 0 aromatic carbocycles. The van der Waals surface area contributed by atoms with Crippen LogP contribution in [0.1, 0.15) is 45.4 Å². The molecular formula is C12H20O. The van der Waals surface area contributed by atoms with E-state index in [1.54, 1.807) is 6.42 Å². The van der Waals surface area contributed by atoms with Crippen LogP contribution in [0.25, 0.3) is 0 Å². The first-order valence-electron chi connectivity index (χ1n) is 5.86. The Morgan fingerprint density at radius 3 is 3.08 bits per heavy atom. The van der Waals surface area contributed by atoms with E-state index in [4.69, 9.17) is 4.74 Å². The highest BCUT2D eigenvalue weighted by Crippen LogP contribution is 2.75. The minimum absolute atomic E-state index is 0.636. The van der Waals surface area contributed by atoms with Gasteiger partial charge in [-0.25, -0.2) is 0 Å². The minimum Gasteiger partial charge on any atom is -0.381 e. The molecule has 2 bridgehead atoms. The Morgan fingerprint density at radius 1 is 1.31 bits per heavy atom. The number of ether oxygens (including phenoxy) is 1. The summed E-state index contributed by atoms with van der Waals surface area (Å²) in [6.45, 7) is 4.08. The van der Waals surface area contributed by atoms with Gasteiger partial charge in [-0.05, 0) is 55.8 Å². The first-order valence-corrected chi connectivity index (χ1v) is 5.86. The number of hydrogen-bond acceptors (Lipinski definition) is 1. The maximum absolute atomic E-state index is 5.66. The van der Waals surface area contributed by atoms with Gasteiger partial charge in [-0.1, -0.05) is 6.42 Å². The normalized spacial score (nSPS) is 51.9. The van der Waals surface area contributed by atoms with Crippen LogP contribution in [0.5, 0.6) is 0 Å². The Bertz CT molecular complexity index is 225. The SMILES string of the molecule is CCOCC12CCCC3(CC3C1)C2. The molecule has 1 spiro atoms. The third kappa shape index (κ3) is 1.09. The van der Waals surface area contributed by atoms with Crippen LogP contribution in [-0.2, 0) is 4.74 Å². The number of fused-ring (bicyclic) bond motifs is 1. The van der Waals surface area contributed by atoms with Gasteiger partial charge in [0.25, 0.3) is 0 Å². The molecular weight excluding hydrogens is 160 g/mol. The van der Waals surface area contributed by atoms with Crippen LogP contribution in [-0.4, -0.2) is 13.2 Å². The van der Waals surface area contributed by atoms with Gasteiger partial charge >= 0.3 is 0 Å². The molecule has 3 rings (SSSR count). The van der Waals surface area contributed by atoms with Crippen molar-refractivity contribution in [2.24, 2.45) is 16.7 Å². The molecule has 13 heavy (non-hydrogen) atoms. The van der Waals surface area contributed by atoms with E-state index in [1.165, 1.54) is 32.1 Å². The average molecular weight is 180 g/mol. The van der Waals surface area contributed by atoms with Crippen molar-refractivity contribution in [2.45, 2.75) is 45.4 Å². The van der Waals surface area contributed by atoms with Crippen molar-refractivity contribution in [2.75, 3.05) is 13.2 Å². The molecule has 1 heteroatoms. The van der Waals surface area contributed by atoms with E-state index in [0.717, 1.165) is 24.5 Å². The fourth-order valence-electron chi connectivity index (χ4n) is 4.18. The summed E-state index contributed by atoms with van der Waals surface area (Å²) >= 11 is 0. The second-order valence-electron chi connectivity index (χ2n) is 5.64. The number of hydrogen-bond donors (Lipinski definition) is 0. The molecule has 0 aromatic rings. The topological polar surface area (TPSA) is 9.23 Å². The van der Waals surface area contributed by atoms with E-state index in [1.807, 2.05) is 0 Å². The molecule has 1 nitrogen and oxygen atoms in total. The molecule has 0 radical (unpaired) electrons. The summed E-state index contributed by atoms with van der Waals surface area (Å²) in [5.41, 5.74) is 1.48. The van der Waals surface area contributed by atoms with Gasteiger partial charge in [-0.2, -0.15) is 0 Å². The monoisotopic (exact) mass is 180 g/mol. The first-order chi connectivity index (χ1) is 6.29. The second kappa shape index (κ2) is 2.50. The number of rotatable bonds is 3. The van der Waals surface area contributed by atoms with Crippen molar-refractivity contribution in [3.8, 4) is 0 Å². The van der Waals surface area contributed by atoms with Gasteiger partial charge in [-0.15, -0.1) is 0 Å². The molecule has 0 N–H and O–H groups in total. The predicted octanol–water partition coefficient (Wildman–Crippen LogP) is 2.99. The van der Waals surface area contributed by atoms with Gasteiger partial charge in [0, 0.05) is 6.61 Å². The molecule has 0 heterocycles. The molecule has 0 aliphatic heterocycles. The van der Waals surface area contributed by atoms with E-state index >= 15 is 0 Å². The zero-order valence-electron chi connectivity index (χ0n) is 8.64. The van der Waals surface area contributed by atoms with Crippen molar-refractivity contribution in [3.05, 3.63) is 0 Å². The summed E-state index contributed by atoms with van der Waals surface area (Å²) in [7, 11) is 0. The van der Waals surface area contributed by atoms with Crippen LogP contribution in [0.15, 0.2) is 0 Å². The Labute approximate surface area is 80.8 Å². The maximum Gasteiger partial charge on any atom is 0.0522 e. The minimum atomic E-state index is 0.636. The quantitative estimate of drug-likeness (QED) is 0.648. The largest absolute Gasteiger partial charge is 0.381 e. The molecule has 0 amide bonds. The van der Waals surface area contributed by atoms with E-state index in [-0.39, 0.29) is 0 Å². The van der Waals surface area contributed by atoms with E-state index in [0.29, 0.717) is 5.41 Å². The van der Waals surface area contributed by atoms with Gasteiger partial charge in [0.15, 0.2) is 0 Å². The highest BCUT2D eigenvalue weighted by atomic mass is 16.5. The van der Waals surface area contributed by atoms with Gasteiger partial charge in [0.05, 0.1) is 6.61 Å². The van der Waals surface area contributed by atoms with Gasteiger partial charge < -0.3 is 4.74 Å². The van der Waals surface area contributed by atoms with Crippen molar-refractivity contribution in [1.82, 2.24) is 0 Å². The molecule has 3 saturated carbocycles. The molecule has 0 aromatic heterocycles. The zero-order chi connectivity index (χ0) is 8.94. The summed E-state index contributed by atoms with van der Waals surface area (Å²) < 4.78 is 5.66. The van der Waals surface area contributed by atoms with Crippen LogP contribution in [0.4, 0.5) is 0 Å². The van der Waals surface area contributed by atoms with Crippen molar-refractivity contribution >= 4 is 0 Å². The zero-order valence-corrected chi connectivity index (χ0v) is 8.64.